The second-order valence-corrected chi connectivity index (χ2v) is 4.82. The fourth-order valence-electron chi connectivity index (χ4n) is 1.58. The van der Waals surface area contributed by atoms with Gasteiger partial charge in [-0.15, -0.1) is 11.3 Å². The summed E-state index contributed by atoms with van der Waals surface area (Å²) in [4.78, 5) is 19.9. The number of thiazole rings is 1. The molecule has 94 valence electrons. The molecular weight excluding hydrogens is 248 g/mol. The van der Waals surface area contributed by atoms with E-state index in [1.54, 1.807) is 17.8 Å². The van der Waals surface area contributed by atoms with Crippen molar-refractivity contribution >= 4 is 22.4 Å². The number of carbonyl (C=O) groups is 1. The van der Waals surface area contributed by atoms with Crippen molar-refractivity contribution in [3.8, 4) is 0 Å². The maximum Gasteiger partial charge on any atom is 0.226 e. The molecule has 0 aliphatic rings. The Hall–Kier alpha value is -1.95. The first-order valence-electron chi connectivity index (χ1n) is 5.54. The molecule has 3 N–H and O–H groups in total. The number of nitrogen functional groups attached to an aromatic ring is 1. The molecule has 5 nitrogen and oxygen atoms in total. The molecule has 0 radical (unpaired) electrons. The Morgan fingerprint density at radius 3 is 3.06 bits per heavy atom. The fraction of sp³-hybridized carbons (Fsp3) is 0.250. The van der Waals surface area contributed by atoms with Crippen LogP contribution in [0.4, 0.5) is 5.13 Å². The van der Waals surface area contributed by atoms with Gasteiger partial charge < -0.3 is 11.1 Å². The zero-order chi connectivity index (χ0) is 13.0. The summed E-state index contributed by atoms with van der Waals surface area (Å²) in [5.41, 5.74) is 7.19. The van der Waals surface area contributed by atoms with Crippen molar-refractivity contribution in [3.05, 3.63) is 41.2 Å². The molecule has 2 aromatic rings. The van der Waals surface area contributed by atoms with Crippen LogP contribution in [0.1, 0.15) is 24.2 Å². The third kappa shape index (κ3) is 3.27. The van der Waals surface area contributed by atoms with Gasteiger partial charge in [0.25, 0.3) is 0 Å². The van der Waals surface area contributed by atoms with Crippen LogP contribution in [0.15, 0.2) is 29.9 Å². The molecule has 0 unspecified atom stereocenters. The zero-order valence-corrected chi connectivity index (χ0v) is 10.8. The van der Waals surface area contributed by atoms with Crippen molar-refractivity contribution in [1.82, 2.24) is 15.3 Å². The van der Waals surface area contributed by atoms with E-state index in [1.165, 1.54) is 11.3 Å². The smallest absolute Gasteiger partial charge is 0.226 e. The molecule has 1 amide bonds. The average Bonchev–Trinajstić information content (AvgIpc) is 2.75. The average molecular weight is 262 g/mol. The lowest BCUT2D eigenvalue weighted by atomic mass is 10.1. The summed E-state index contributed by atoms with van der Waals surface area (Å²) in [6.45, 7) is 1.92. The van der Waals surface area contributed by atoms with Gasteiger partial charge in [-0.25, -0.2) is 4.98 Å². The zero-order valence-electron chi connectivity index (χ0n) is 9.96. The number of aromatic nitrogens is 2. The quantitative estimate of drug-likeness (QED) is 0.875. The van der Waals surface area contributed by atoms with Crippen LogP contribution in [-0.4, -0.2) is 15.9 Å². The molecule has 0 spiro atoms. The molecule has 0 aliphatic heterocycles. The summed E-state index contributed by atoms with van der Waals surface area (Å²) in [6, 6.07) is 3.71. The van der Waals surface area contributed by atoms with Gasteiger partial charge in [0.05, 0.1) is 18.2 Å². The Morgan fingerprint density at radius 2 is 2.44 bits per heavy atom. The van der Waals surface area contributed by atoms with Crippen molar-refractivity contribution in [2.45, 2.75) is 19.4 Å². The van der Waals surface area contributed by atoms with Crippen LogP contribution in [-0.2, 0) is 11.2 Å². The molecule has 2 aromatic heterocycles. The summed E-state index contributed by atoms with van der Waals surface area (Å²) >= 11 is 1.34. The van der Waals surface area contributed by atoms with Crippen LogP contribution >= 0.6 is 11.3 Å². The monoisotopic (exact) mass is 262 g/mol. The van der Waals surface area contributed by atoms with Gasteiger partial charge in [-0.2, -0.15) is 0 Å². The van der Waals surface area contributed by atoms with Crippen molar-refractivity contribution in [2.75, 3.05) is 5.73 Å². The number of hydrogen-bond donors (Lipinski definition) is 2. The Bertz CT molecular complexity index is 526. The number of anilines is 1. The van der Waals surface area contributed by atoms with Crippen LogP contribution in [0.5, 0.6) is 0 Å². The highest BCUT2D eigenvalue weighted by molar-refractivity contribution is 7.13. The Kier molecular flexibility index (Phi) is 3.88. The first kappa shape index (κ1) is 12.5. The summed E-state index contributed by atoms with van der Waals surface area (Å²) in [5.74, 6) is -0.0725. The number of pyridine rings is 1. The van der Waals surface area contributed by atoms with E-state index in [9.17, 15) is 4.79 Å². The number of hydrogen-bond acceptors (Lipinski definition) is 5. The van der Waals surface area contributed by atoms with Crippen LogP contribution < -0.4 is 11.1 Å². The van der Waals surface area contributed by atoms with E-state index in [0.29, 0.717) is 10.8 Å². The van der Waals surface area contributed by atoms with Gasteiger partial charge in [-0.05, 0) is 18.6 Å². The number of carbonyl (C=O) groups excluding carboxylic acids is 1. The molecule has 0 aliphatic carbocycles. The third-order valence-corrected chi connectivity index (χ3v) is 3.20. The van der Waals surface area contributed by atoms with Crippen molar-refractivity contribution in [2.24, 2.45) is 0 Å². The summed E-state index contributed by atoms with van der Waals surface area (Å²) in [5, 5.41) is 5.18. The lowest BCUT2D eigenvalue weighted by Gasteiger charge is -2.13. The van der Waals surface area contributed by atoms with E-state index in [-0.39, 0.29) is 18.4 Å². The molecule has 1 atom stereocenters. The molecule has 0 saturated carbocycles. The molecule has 2 rings (SSSR count). The van der Waals surface area contributed by atoms with Gasteiger partial charge >= 0.3 is 0 Å². The molecule has 0 saturated heterocycles. The number of nitrogens with two attached hydrogens (primary N) is 1. The Labute approximate surface area is 109 Å². The van der Waals surface area contributed by atoms with Gasteiger partial charge in [0.2, 0.25) is 5.91 Å². The minimum Gasteiger partial charge on any atom is -0.375 e. The molecule has 0 fully saturated rings. The standard InChI is InChI=1S/C12H14N4OS/c1-8(9-3-2-4-14-6-9)15-11(17)5-10-7-18-12(13)16-10/h2-4,6-8H,5H2,1H3,(H2,13,16)(H,15,17)/t8-/m0/s1. The second-order valence-electron chi connectivity index (χ2n) is 3.93. The number of amides is 1. The van der Waals surface area contributed by atoms with E-state index in [4.69, 9.17) is 5.73 Å². The number of rotatable bonds is 4. The number of nitrogens with zero attached hydrogens (tertiary/aromatic N) is 2. The molecule has 6 heteroatoms. The fourth-order valence-corrected chi connectivity index (χ4v) is 2.14. The van der Waals surface area contributed by atoms with Crippen LogP contribution in [0, 0.1) is 0 Å². The molecule has 0 bridgehead atoms. The first-order chi connectivity index (χ1) is 8.65. The van der Waals surface area contributed by atoms with Gasteiger partial charge in [0.1, 0.15) is 0 Å². The summed E-state index contributed by atoms with van der Waals surface area (Å²) < 4.78 is 0. The molecule has 2 heterocycles. The first-order valence-corrected chi connectivity index (χ1v) is 6.42. The molecular formula is C12H14N4OS. The van der Waals surface area contributed by atoms with E-state index in [0.717, 1.165) is 5.56 Å². The van der Waals surface area contributed by atoms with E-state index < -0.39 is 0 Å². The predicted octanol–water partition coefficient (Wildman–Crippen LogP) is 1.54. The van der Waals surface area contributed by atoms with Crippen LogP contribution in [0.2, 0.25) is 0 Å². The normalized spacial score (nSPS) is 12.1. The van der Waals surface area contributed by atoms with E-state index >= 15 is 0 Å². The highest BCUT2D eigenvalue weighted by Gasteiger charge is 2.11. The van der Waals surface area contributed by atoms with Crippen molar-refractivity contribution in [3.63, 3.8) is 0 Å². The van der Waals surface area contributed by atoms with Gasteiger partial charge in [-0.1, -0.05) is 6.07 Å². The van der Waals surface area contributed by atoms with Gasteiger partial charge in [0.15, 0.2) is 5.13 Å². The topological polar surface area (TPSA) is 80.9 Å². The lowest BCUT2D eigenvalue weighted by Crippen LogP contribution is -2.28. The minimum absolute atomic E-state index is 0.0674. The highest BCUT2D eigenvalue weighted by Crippen LogP contribution is 2.13. The van der Waals surface area contributed by atoms with E-state index in [2.05, 4.69) is 15.3 Å². The van der Waals surface area contributed by atoms with Gasteiger partial charge in [0, 0.05) is 17.8 Å². The van der Waals surface area contributed by atoms with Crippen molar-refractivity contribution in [1.29, 1.82) is 0 Å². The largest absolute Gasteiger partial charge is 0.375 e. The van der Waals surface area contributed by atoms with Crippen molar-refractivity contribution < 1.29 is 4.79 Å². The Morgan fingerprint density at radius 1 is 1.61 bits per heavy atom. The lowest BCUT2D eigenvalue weighted by molar-refractivity contribution is -0.121. The summed E-state index contributed by atoms with van der Waals surface area (Å²) in [6.07, 6.45) is 3.69. The Balaban J connectivity index is 1.92. The van der Waals surface area contributed by atoms with E-state index in [1.807, 2.05) is 19.1 Å². The van der Waals surface area contributed by atoms with Gasteiger partial charge in [-0.3, -0.25) is 9.78 Å². The second kappa shape index (κ2) is 5.59. The molecule has 18 heavy (non-hydrogen) atoms. The minimum atomic E-state index is -0.0725. The SMILES string of the molecule is C[C@H](NC(=O)Cc1csc(N)n1)c1cccnc1. The number of nitrogens with one attached hydrogen (secondary N) is 1. The third-order valence-electron chi connectivity index (χ3n) is 2.47. The maximum absolute atomic E-state index is 11.8. The van der Waals surface area contributed by atoms with Crippen LogP contribution in [0.25, 0.3) is 0 Å². The summed E-state index contributed by atoms with van der Waals surface area (Å²) in [7, 11) is 0. The maximum atomic E-state index is 11.8. The predicted molar refractivity (Wildman–Crippen MR) is 71.0 cm³/mol. The molecule has 0 aromatic carbocycles. The van der Waals surface area contributed by atoms with Crippen LogP contribution in [0.3, 0.4) is 0 Å². The highest BCUT2D eigenvalue weighted by atomic mass is 32.1.